The van der Waals surface area contributed by atoms with Crippen LogP contribution < -0.4 is 5.73 Å². The van der Waals surface area contributed by atoms with E-state index in [1.165, 1.54) is 6.07 Å². The smallest absolute Gasteiger partial charge is 0.195 e. The first-order valence-corrected chi connectivity index (χ1v) is 5.42. The van der Waals surface area contributed by atoms with Crippen molar-refractivity contribution in [2.45, 2.75) is 25.2 Å². The van der Waals surface area contributed by atoms with E-state index < -0.39 is 5.79 Å². The molecule has 1 aromatic carbocycles. The van der Waals surface area contributed by atoms with Crippen molar-refractivity contribution in [3.63, 3.8) is 0 Å². The summed E-state index contributed by atoms with van der Waals surface area (Å²) in [5.41, 5.74) is 5.90. The van der Waals surface area contributed by atoms with E-state index in [1.807, 2.05) is 0 Å². The Morgan fingerprint density at radius 3 is 2.94 bits per heavy atom. The third kappa shape index (κ3) is 2.09. The van der Waals surface area contributed by atoms with Crippen LogP contribution in [0.15, 0.2) is 24.3 Å². The van der Waals surface area contributed by atoms with Crippen LogP contribution in [0.25, 0.3) is 0 Å². The molecule has 2 rings (SSSR count). The minimum absolute atomic E-state index is 0.0467. The lowest BCUT2D eigenvalue weighted by Gasteiger charge is -2.24. The Hall–Kier alpha value is -0.970. The van der Waals surface area contributed by atoms with Gasteiger partial charge < -0.3 is 15.2 Å². The van der Waals surface area contributed by atoms with E-state index in [2.05, 4.69) is 0 Å². The largest absolute Gasteiger partial charge is 0.343 e. The van der Waals surface area contributed by atoms with E-state index in [0.717, 1.165) is 6.42 Å². The maximum absolute atomic E-state index is 13.6. The van der Waals surface area contributed by atoms with Gasteiger partial charge in [-0.3, -0.25) is 0 Å². The van der Waals surface area contributed by atoms with Crippen LogP contribution in [0.3, 0.4) is 0 Å². The molecule has 1 heterocycles. The molecule has 2 atom stereocenters. The van der Waals surface area contributed by atoms with Gasteiger partial charge in [0, 0.05) is 5.56 Å². The number of benzene rings is 1. The highest BCUT2D eigenvalue weighted by atomic mass is 19.1. The van der Waals surface area contributed by atoms with E-state index in [1.54, 1.807) is 25.1 Å². The van der Waals surface area contributed by atoms with Gasteiger partial charge in [0.25, 0.3) is 0 Å². The van der Waals surface area contributed by atoms with Crippen molar-refractivity contribution >= 4 is 0 Å². The Balaban J connectivity index is 2.18. The summed E-state index contributed by atoms with van der Waals surface area (Å²) < 4.78 is 24.9. The summed E-state index contributed by atoms with van der Waals surface area (Å²) in [7, 11) is 0. The standard InChI is InChI=1S/C12H16FNO2/c1-12(10-4-2-3-5-11(10)13)15-8-9(16-12)6-7-14/h2-5,9H,6-8,14H2,1H3. The Morgan fingerprint density at radius 1 is 1.50 bits per heavy atom. The molecule has 0 radical (unpaired) electrons. The number of hydrogen-bond donors (Lipinski definition) is 1. The van der Waals surface area contributed by atoms with Crippen molar-refractivity contribution in [1.82, 2.24) is 0 Å². The average molecular weight is 225 g/mol. The van der Waals surface area contributed by atoms with Gasteiger partial charge in [-0.2, -0.15) is 0 Å². The van der Waals surface area contributed by atoms with Crippen LogP contribution in [0.2, 0.25) is 0 Å². The molecule has 1 saturated heterocycles. The molecule has 0 aromatic heterocycles. The first-order valence-electron chi connectivity index (χ1n) is 5.42. The topological polar surface area (TPSA) is 44.5 Å². The number of ether oxygens (including phenoxy) is 2. The Morgan fingerprint density at radius 2 is 2.25 bits per heavy atom. The Bertz CT molecular complexity index is 372. The van der Waals surface area contributed by atoms with Crippen LogP contribution in [0.5, 0.6) is 0 Å². The fraction of sp³-hybridized carbons (Fsp3) is 0.500. The fourth-order valence-electron chi connectivity index (χ4n) is 1.94. The molecule has 0 bridgehead atoms. The summed E-state index contributed by atoms with van der Waals surface area (Å²) in [5, 5.41) is 0. The van der Waals surface area contributed by atoms with Gasteiger partial charge in [0.1, 0.15) is 5.82 Å². The average Bonchev–Trinajstić information content (AvgIpc) is 2.62. The highest BCUT2D eigenvalue weighted by molar-refractivity contribution is 5.22. The third-order valence-electron chi connectivity index (χ3n) is 2.79. The first-order chi connectivity index (χ1) is 7.65. The van der Waals surface area contributed by atoms with Crippen molar-refractivity contribution in [1.29, 1.82) is 0 Å². The maximum Gasteiger partial charge on any atom is 0.195 e. The normalized spacial score (nSPS) is 29.6. The van der Waals surface area contributed by atoms with Crippen molar-refractivity contribution in [2.24, 2.45) is 5.73 Å². The SMILES string of the molecule is CC1(c2ccccc2F)OCC(CCN)O1. The van der Waals surface area contributed by atoms with Crippen LogP contribution in [-0.2, 0) is 15.3 Å². The van der Waals surface area contributed by atoms with E-state index in [9.17, 15) is 4.39 Å². The lowest BCUT2D eigenvalue weighted by molar-refractivity contribution is -0.164. The molecular formula is C12H16FNO2. The van der Waals surface area contributed by atoms with Crippen LogP contribution in [0.4, 0.5) is 4.39 Å². The summed E-state index contributed by atoms with van der Waals surface area (Å²) in [4.78, 5) is 0. The van der Waals surface area contributed by atoms with Gasteiger partial charge in [0.05, 0.1) is 12.7 Å². The molecule has 1 aromatic rings. The zero-order chi connectivity index (χ0) is 11.6. The molecule has 1 aliphatic heterocycles. The second kappa shape index (κ2) is 4.49. The van der Waals surface area contributed by atoms with Crippen LogP contribution in [-0.4, -0.2) is 19.3 Å². The van der Waals surface area contributed by atoms with Crippen molar-refractivity contribution in [2.75, 3.05) is 13.2 Å². The zero-order valence-electron chi connectivity index (χ0n) is 9.28. The summed E-state index contributed by atoms with van der Waals surface area (Å²) in [6, 6.07) is 6.50. The van der Waals surface area contributed by atoms with Crippen LogP contribution >= 0.6 is 0 Å². The lowest BCUT2D eigenvalue weighted by Crippen LogP contribution is -2.25. The van der Waals surface area contributed by atoms with Gasteiger partial charge in [-0.05, 0) is 26.0 Å². The summed E-state index contributed by atoms with van der Waals surface area (Å²) in [6.07, 6.45) is 0.680. The Kier molecular flexibility index (Phi) is 3.23. The van der Waals surface area contributed by atoms with E-state index in [4.69, 9.17) is 15.2 Å². The van der Waals surface area contributed by atoms with Crippen molar-refractivity contribution in [3.05, 3.63) is 35.6 Å². The zero-order valence-corrected chi connectivity index (χ0v) is 9.28. The second-order valence-corrected chi connectivity index (χ2v) is 4.05. The molecule has 1 aliphatic rings. The Labute approximate surface area is 94.3 Å². The molecule has 88 valence electrons. The molecule has 2 N–H and O–H groups in total. The molecule has 0 spiro atoms. The highest BCUT2D eigenvalue weighted by Crippen LogP contribution is 2.35. The summed E-state index contributed by atoms with van der Waals surface area (Å²) in [6.45, 7) is 2.74. The van der Waals surface area contributed by atoms with Crippen LogP contribution in [0.1, 0.15) is 18.9 Å². The van der Waals surface area contributed by atoms with Gasteiger partial charge >= 0.3 is 0 Å². The number of rotatable bonds is 3. The van der Waals surface area contributed by atoms with Gasteiger partial charge in [-0.1, -0.05) is 18.2 Å². The van der Waals surface area contributed by atoms with Gasteiger partial charge in [0.2, 0.25) is 0 Å². The molecular weight excluding hydrogens is 209 g/mol. The molecule has 2 unspecified atom stereocenters. The molecule has 0 amide bonds. The van der Waals surface area contributed by atoms with Gasteiger partial charge in [-0.15, -0.1) is 0 Å². The van der Waals surface area contributed by atoms with Gasteiger partial charge in [0.15, 0.2) is 5.79 Å². The predicted molar refractivity (Wildman–Crippen MR) is 58.2 cm³/mol. The number of hydrogen-bond acceptors (Lipinski definition) is 3. The van der Waals surface area contributed by atoms with E-state index in [0.29, 0.717) is 18.7 Å². The highest BCUT2D eigenvalue weighted by Gasteiger charge is 2.40. The number of nitrogens with two attached hydrogens (primary N) is 1. The quantitative estimate of drug-likeness (QED) is 0.852. The fourth-order valence-corrected chi connectivity index (χ4v) is 1.94. The predicted octanol–water partition coefficient (Wildman–Crippen LogP) is 1.76. The monoisotopic (exact) mass is 225 g/mol. The molecule has 16 heavy (non-hydrogen) atoms. The summed E-state index contributed by atoms with van der Waals surface area (Å²) in [5.74, 6) is -1.29. The molecule has 1 fully saturated rings. The summed E-state index contributed by atoms with van der Waals surface area (Å²) >= 11 is 0. The minimum atomic E-state index is -0.981. The van der Waals surface area contributed by atoms with E-state index >= 15 is 0 Å². The molecule has 0 aliphatic carbocycles. The van der Waals surface area contributed by atoms with Crippen molar-refractivity contribution in [3.8, 4) is 0 Å². The van der Waals surface area contributed by atoms with Crippen molar-refractivity contribution < 1.29 is 13.9 Å². The minimum Gasteiger partial charge on any atom is -0.343 e. The molecule has 0 saturated carbocycles. The molecule has 3 nitrogen and oxygen atoms in total. The van der Waals surface area contributed by atoms with Gasteiger partial charge in [-0.25, -0.2) is 4.39 Å². The maximum atomic E-state index is 13.6. The van der Waals surface area contributed by atoms with Crippen LogP contribution in [0, 0.1) is 5.82 Å². The molecule has 4 heteroatoms. The lowest BCUT2D eigenvalue weighted by atomic mass is 10.1. The number of halogens is 1. The third-order valence-corrected chi connectivity index (χ3v) is 2.79. The second-order valence-electron chi connectivity index (χ2n) is 4.05. The van der Waals surface area contributed by atoms with E-state index in [-0.39, 0.29) is 11.9 Å². The first kappa shape index (κ1) is 11.5.